The number of benzene rings is 1. The van der Waals surface area contributed by atoms with Crippen molar-refractivity contribution >= 4 is 33.4 Å². The van der Waals surface area contributed by atoms with Crippen LogP contribution >= 0.6 is 11.6 Å². The molecule has 2 fully saturated rings. The van der Waals surface area contributed by atoms with Gasteiger partial charge in [0.2, 0.25) is 15.9 Å². The van der Waals surface area contributed by atoms with E-state index in [4.69, 9.17) is 16.3 Å². The topological polar surface area (TPSA) is 105 Å². The van der Waals surface area contributed by atoms with Crippen LogP contribution in [0.15, 0.2) is 24.3 Å². The van der Waals surface area contributed by atoms with Crippen molar-refractivity contribution in [1.29, 1.82) is 0 Å². The van der Waals surface area contributed by atoms with Crippen LogP contribution in [0.25, 0.3) is 0 Å². The van der Waals surface area contributed by atoms with E-state index >= 15 is 0 Å². The third kappa shape index (κ3) is 4.42. The summed E-state index contributed by atoms with van der Waals surface area (Å²) in [5.41, 5.74) is -0.489. The van der Waals surface area contributed by atoms with Gasteiger partial charge in [0.15, 0.2) is 5.60 Å². The van der Waals surface area contributed by atoms with E-state index in [-0.39, 0.29) is 19.7 Å². The van der Waals surface area contributed by atoms with Crippen LogP contribution in [0.2, 0.25) is 5.02 Å². The number of amides is 2. The monoisotopic (exact) mass is 443 g/mol. The lowest BCUT2D eigenvalue weighted by Gasteiger charge is -2.36. The van der Waals surface area contributed by atoms with Gasteiger partial charge in [-0.25, -0.2) is 8.42 Å². The van der Waals surface area contributed by atoms with E-state index in [1.807, 2.05) is 12.1 Å². The number of carbonyl (C=O) groups is 2. The summed E-state index contributed by atoms with van der Waals surface area (Å²) in [6.45, 7) is 3.83. The predicted octanol–water partition coefficient (Wildman–Crippen LogP) is 0.554. The summed E-state index contributed by atoms with van der Waals surface area (Å²) >= 11 is 5.88. The number of morpholine rings is 1. The van der Waals surface area contributed by atoms with Crippen molar-refractivity contribution in [2.45, 2.75) is 31.1 Å². The fourth-order valence-electron chi connectivity index (χ4n) is 3.67. The van der Waals surface area contributed by atoms with Gasteiger partial charge in [-0.15, -0.1) is 0 Å². The third-order valence-corrected chi connectivity index (χ3v) is 7.83. The number of ether oxygens (including phenoxy) is 1. The molecule has 0 unspecified atom stereocenters. The minimum atomic E-state index is -3.63. The lowest BCUT2D eigenvalue weighted by atomic mass is 9.87. The maximum atomic E-state index is 12.9. The van der Waals surface area contributed by atoms with Crippen molar-refractivity contribution in [2.24, 2.45) is 5.92 Å². The number of hydrogen-bond acceptors (Lipinski definition) is 5. The second-order valence-electron chi connectivity index (χ2n) is 7.60. The van der Waals surface area contributed by atoms with Crippen LogP contribution in [0.5, 0.6) is 0 Å². The van der Waals surface area contributed by atoms with Gasteiger partial charge in [-0.3, -0.25) is 9.59 Å². The molecule has 2 amide bonds. The van der Waals surface area contributed by atoms with Crippen LogP contribution in [-0.4, -0.2) is 68.2 Å². The summed E-state index contributed by atoms with van der Waals surface area (Å²) in [4.78, 5) is 25.6. The number of hydrogen-bond donors (Lipinski definition) is 2. The summed E-state index contributed by atoms with van der Waals surface area (Å²) in [5.74, 6) is -1.75. The maximum Gasteiger partial charge on any atom is 0.254 e. The summed E-state index contributed by atoms with van der Waals surface area (Å²) in [6.07, 6.45) is 0.587. The van der Waals surface area contributed by atoms with Crippen LogP contribution in [0.1, 0.15) is 19.4 Å². The van der Waals surface area contributed by atoms with Crippen molar-refractivity contribution < 1.29 is 22.7 Å². The molecule has 0 aliphatic carbocycles. The number of nitrogens with one attached hydrogen (secondary N) is 2. The van der Waals surface area contributed by atoms with Gasteiger partial charge >= 0.3 is 0 Å². The van der Waals surface area contributed by atoms with E-state index in [1.165, 1.54) is 4.31 Å². The number of nitrogens with zero attached hydrogens (tertiary/aromatic N) is 1. The summed E-state index contributed by atoms with van der Waals surface area (Å²) in [6, 6.07) is 7.30. The van der Waals surface area contributed by atoms with Crippen molar-refractivity contribution in [3.8, 4) is 0 Å². The molecule has 1 spiro atoms. The van der Waals surface area contributed by atoms with E-state index < -0.39 is 38.6 Å². The second kappa shape index (κ2) is 8.59. The van der Waals surface area contributed by atoms with Crippen LogP contribution < -0.4 is 10.6 Å². The molecule has 1 aromatic carbocycles. The highest BCUT2D eigenvalue weighted by Crippen LogP contribution is 2.35. The zero-order valence-electron chi connectivity index (χ0n) is 16.5. The maximum absolute atomic E-state index is 12.9. The predicted molar refractivity (Wildman–Crippen MR) is 109 cm³/mol. The number of sulfonamides is 1. The standard InChI is InChI=1S/C19H26ClN3O5S/c1-13(2)29(26,27)23-11-16(19(12-23)18(25)22-9-10-28-19)17(24)21-8-7-14-3-5-15(20)6-4-14/h3-6,13,16H,7-12H2,1-2H3,(H,21,24)(H,22,25)/t16-,19-/m1/s1. The molecular formula is C19H26ClN3O5S. The molecule has 0 bridgehead atoms. The molecular weight excluding hydrogens is 418 g/mol. The van der Waals surface area contributed by atoms with Gasteiger partial charge in [0, 0.05) is 24.7 Å². The van der Waals surface area contributed by atoms with E-state index in [1.54, 1.807) is 26.0 Å². The fraction of sp³-hybridized carbons (Fsp3) is 0.579. The Morgan fingerprint density at radius 1 is 1.38 bits per heavy atom. The van der Waals surface area contributed by atoms with Crippen LogP contribution in [0, 0.1) is 5.92 Å². The highest BCUT2D eigenvalue weighted by atomic mass is 35.5. The number of halogens is 1. The zero-order valence-corrected chi connectivity index (χ0v) is 18.1. The van der Waals surface area contributed by atoms with Crippen molar-refractivity contribution in [3.05, 3.63) is 34.9 Å². The molecule has 2 aliphatic rings. The van der Waals surface area contributed by atoms with E-state index in [0.29, 0.717) is 24.5 Å². The Morgan fingerprint density at radius 2 is 2.07 bits per heavy atom. The highest BCUT2D eigenvalue weighted by Gasteiger charge is 2.59. The first-order chi connectivity index (χ1) is 13.7. The first-order valence-electron chi connectivity index (χ1n) is 9.60. The van der Waals surface area contributed by atoms with E-state index in [0.717, 1.165) is 5.56 Å². The molecule has 0 aromatic heterocycles. The van der Waals surface area contributed by atoms with E-state index in [9.17, 15) is 18.0 Å². The largest absolute Gasteiger partial charge is 0.361 e. The highest BCUT2D eigenvalue weighted by molar-refractivity contribution is 7.89. The molecule has 160 valence electrons. The van der Waals surface area contributed by atoms with Gasteiger partial charge in [-0.05, 0) is 38.0 Å². The molecule has 0 saturated carbocycles. The quantitative estimate of drug-likeness (QED) is 0.668. The van der Waals surface area contributed by atoms with Crippen molar-refractivity contribution in [2.75, 3.05) is 32.8 Å². The SMILES string of the molecule is CC(C)S(=O)(=O)N1C[C@H](C(=O)NCCc2ccc(Cl)cc2)[C@@]2(C1)OCCNC2=O. The van der Waals surface area contributed by atoms with Crippen molar-refractivity contribution in [3.63, 3.8) is 0 Å². The Labute approximate surface area is 176 Å². The Hall–Kier alpha value is -1.68. The zero-order chi connectivity index (χ0) is 21.2. The Kier molecular flexibility index (Phi) is 6.52. The molecule has 1 aromatic rings. The lowest BCUT2D eigenvalue weighted by Crippen LogP contribution is -2.62. The Morgan fingerprint density at radius 3 is 2.69 bits per heavy atom. The van der Waals surface area contributed by atoms with Crippen LogP contribution in [0.4, 0.5) is 0 Å². The lowest BCUT2D eigenvalue weighted by molar-refractivity contribution is -0.163. The van der Waals surface area contributed by atoms with Gasteiger partial charge in [0.25, 0.3) is 5.91 Å². The fourth-order valence-corrected chi connectivity index (χ4v) is 5.12. The minimum absolute atomic E-state index is 0.0826. The van der Waals surface area contributed by atoms with Crippen molar-refractivity contribution in [1.82, 2.24) is 14.9 Å². The van der Waals surface area contributed by atoms with Crippen LogP contribution in [-0.2, 0) is 30.8 Å². The van der Waals surface area contributed by atoms with Gasteiger partial charge in [0.05, 0.1) is 24.3 Å². The molecule has 2 saturated heterocycles. The summed E-state index contributed by atoms with van der Waals surface area (Å²) in [5, 5.41) is 5.52. The average Bonchev–Trinajstić information content (AvgIpc) is 3.07. The van der Waals surface area contributed by atoms with Crippen LogP contribution in [0.3, 0.4) is 0 Å². The number of rotatable bonds is 6. The average molecular weight is 444 g/mol. The van der Waals surface area contributed by atoms with E-state index in [2.05, 4.69) is 10.6 Å². The molecule has 2 N–H and O–H groups in total. The molecule has 0 radical (unpaired) electrons. The molecule has 10 heteroatoms. The number of carbonyl (C=O) groups excluding carboxylic acids is 2. The molecule has 29 heavy (non-hydrogen) atoms. The van der Waals surface area contributed by atoms with Gasteiger partial charge < -0.3 is 15.4 Å². The molecule has 2 heterocycles. The Bertz CT molecular complexity index is 874. The first-order valence-corrected chi connectivity index (χ1v) is 11.5. The Balaban J connectivity index is 1.74. The molecule has 2 aliphatic heterocycles. The first kappa shape index (κ1) is 22.0. The minimum Gasteiger partial charge on any atom is -0.361 e. The smallest absolute Gasteiger partial charge is 0.254 e. The second-order valence-corrected chi connectivity index (χ2v) is 10.5. The third-order valence-electron chi connectivity index (χ3n) is 5.39. The molecule has 3 rings (SSSR count). The molecule has 2 atom stereocenters. The summed E-state index contributed by atoms with van der Waals surface area (Å²) in [7, 11) is -3.63. The van der Waals surface area contributed by atoms with Gasteiger partial charge in [-0.2, -0.15) is 4.31 Å². The normalized spacial score (nSPS) is 25.4. The van der Waals surface area contributed by atoms with Gasteiger partial charge in [0.1, 0.15) is 0 Å². The van der Waals surface area contributed by atoms with Gasteiger partial charge in [-0.1, -0.05) is 23.7 Å². The molecule has 8 nitrogen and oxygen atoms in total. The summed E-state index contributed by atoms with van der Waals surface area (Å²) < 4.78 is 32.3.